The molecule has 4 aromatic rings. The zero-order valence-corrected chi connectivity index (χ0v) is 14.0. The van der Waals surface area contributed by atoms with Crippen molar-refractivity contribution in [1.82, 2.24) is 9.97 Å². The number of nitrogens with zero attached hydrogens (tertiary/aromatic N) is 2. The molecule has 3 nitrogen and oxygen atoms in total. The number of alkyl halides is 3. The summed E-state index contributed by atoms with van der Waals surface area (Å²) in [6.07, 6.45) is -0.988. The molecule has 2 aromatic heterocycles. The first kappa shape index (κ1) is 17.0. The van der Waals surface area contributed by atoms with Gasteiger partial charge >= 0.3 is 6.18 Å². The molecule has 2 aromatic carbocycles. The van der Waals surface area contributed by atoms with Gasteiger partial charge in [-0.2, -0.15) is 13.2 Å². The van der Waals surface area contributed by atoms with Crippen LogP contribution in [0.1, 0.15) is 5.56 Å². The van der Waals surface area contributed by atoms with E-state index >= 15 is 0 Å². The van der Waals surface area contributed by atoms with E-state index in [9.17, 15) is 13.2 Å². The van der Waals surface area contributed by atoms with E-state index in [2.05, 4.69) is 15.3 Å². The molecule has 6 heteroatoms. The minimum absolute atomic E-state index is 0.600. The maximum atomic E-state index is 12.7. The van der Waals surface area contributed by atoms with E-state index in [0.29, 0.717) is 11.4 Å². The van der Waals surface area contributed by atoms with Crippen LogP contribution in [0.3, 0.4) is 0 Å². The van der Waals surface area contributed by atoms with Crippen LogP contribution in [0.5, 0.6) is 0 Å². The van der Waals surface area contributed by atoms with Gasteiger partial charge in [-0.3, -0.25) is 4.98 Å². The van der Waals surface area contributed by atoms with Crippen molar-refractivity contribution in [3.05, 3.63) is 84.7 Å². The number of anilines is 2. The number of pyridine rings is 2. The van der Waals surface area contributed by atoms with Gasteiger partial charge in [-0.15, -0.1) is 0 Å². The van der Waals surface area contributed by atoms with Gasteiger partial charge in [0.15, 0.2) is 0 Å². The summed E-state index contributed by atoms with van der Waals surface area (Å²) in [5, 5.41) is 4.25. The molecule has 27 heavy (non-hydrogen) atoms. The molecule has 0 bridgehead atoms. The quantitative estimate of drug-likeness (QED) is 0.480. The van der Waals surface area contributed by atoms with E-state index in [4.69, 9.17) is 0 Å². The van der Waals surface area contributed by atoms with E-state index in [1.165, 1.54) is 12.1 Å². The number of fused-ring (bicyclic) bond motifs is 1. The van der Waals surface area contributed by atoms with Gasteiger partial charge in [0, 0.05) is 23.5 Å². The highest BCUT2D eigenvalue weighted by atomic mass is 19.4. The lowest BCUT2D eigenvalue weighted by Gasteiger charge is -2.10. The van der Waals surface area contributed by atoms with Crippen molar-refractivity contribution < 1.29 is 13.2 Å². The molecule has 1 N–H and O–H groups in total. The number of nitrogens with one attached hydrogen (secondary N) is 1. The minimum atomic E-state index is -4.34. The highest BCUT2D eigenvalue weighted by Crippen LogP contribution is 2.31. The third-order valence-corrected chi connectivity index (χ3v) is 4.18. The van der Waals surface area contributed by atoms with Gasteiger partial charge in [-0.1, -0.05) is 24.3 Å². The van der Waals surface area contributed by atoms with Crippen molar-refractivity contribution in [2.75, 3.05) is 5.32 Å². The predicted molar refractivity (Wildman–Crippen MR) is 99.7 cm³/mol. The molecule has 134 valence electrons. The van der Waals surface area contributed by atoms with Gasteiger partial charge < -0.3 is 5.32 Å². The molecular formula is C21H14F3N3. The summed E-state index contributed by atoms with van der Waals surface area (Å²) in [4.78, 5) is 8.61. The molecule has 0 aliphatic heterocycles. The fraction of sp³-hybridized carbons (Fsp3) is 0.0476. The molecule has 0 unspecified atom stereocenters. The van der Waals surface area contributed by atoms with Crippen LogP contribution in [0.4, 0.5) is 24.7 Å². The van der Waals surface area contributed by atoms with Crippen molar-refractivity contribution in [3.8, 4) is 11.1 Å². The highest BCUT2D eigenvalue weighted by Gasteiger charge is 2.29. The Bertz CT molecular complexity index is 1090. The van der Waals surface area contributed by atoms with Gasteiger partial charge in [-0.05, 0) is 53.6 Å². The lowest BCUT2D eigenvalue weighted by molar-refractivity contribution is -0.137. The zero-order chi connectivity index (χ0) is 18.9. The zero-order valence-electron chi connectivity index (χ0n) is 14.0. The molecule has 0 saturated carbocycles. The van der Waals surface area contributed by atoms with Crippen LogP contribution in [0.2, 0.25) is 0 Å². The maximum Gasteiger partial charge on any atom is 0.416 e. The van der Waals surface area contributed by atoms with Crippen LogP contribution < -0.4 is 5.32 Å². The Kier molecular flexibility index (Phi) is 4.24. The summed E-state index contributed by atoms with van der Waals surface area (Å²) in [6, 6.07) is 18.3. The monoisotopic (exact) mass is 365 g/mol. The molecule has 4 rings (SSSR count). The van der Waals surface area contributed by atoms with Gasteiger partial charge in [0.25, 0.3) is 0 Å². The van der Waals surface area contributed by atoms with Gasteiger partial charge in [0.2, 0.25) is 0 Å². The van der Waals surface area contributed by atoms with Crippen molar-refractivity contribution in [3.63, 3.8) is 0 Å². The molecule has 0 spiro atoms. The maximum absolute atomic E-state index is 12.7. The van der Waals surface area contributed by atoms with E-state index in [1.807, 2.05) is 30.3 Å². The number of benzene rings is 2. The number of hydrogen-bond acceptors (Lipinski definition) is 3. The van der Waals surface area contributed by atoms with Gasteiger partial charge in [-0.25, -0.2) is 4.98 Å². The average molecular weight is 365 g/mol. The van der Waals surface area contributed by atoms with E-state index in [-0.39, 0.29) is 0 Å². The summed E-state index contributed by atoms with van der Waals surface area (Å²) in [5.41, 5.74) is 2.50. The Morgan fingerprint density at radius 2 is 1.56 bits per heavy atom. The largest absolute Gasteiger partial charge is 0.416 e. The predicted octanol–water partition coefficient (Wildman–Crippen LogP) is 6.06. The third kappa shape index (κ3) is 3.74. The van der Waals surface area contributed by atoms with E-state index in [1.54, 1.807) is 24.5 Å². The van der Waals surface area contributed by atoms with Crippen LogP contribution in [0.15, 0.2) is 79.1 Å². The SMILES string of the molecule is FC(F)(F)c1ccc(-c2ccnc(Nc3ccc4cccnc4c3)c2)cc1. The first-order chi connectivity index (χ1) is 13.0. The topological polar surface area (TPSA) is 37.8 Å². The lowest BCUT2D eigenvalue weighted by Crippen LogP contribution is -2.04. The van der Waals surface area contributed by atoms with Crippen LogP contribution in [-0.4, -0.2) is 9.97 Å². The molecule has 0 aliphatic carbocycles. The standard InChI is InChI=1S/C21H14F3N3/c22-21(23,24)17-6-3-14(4-7-17)16-9-11-26-20(12-16)27-18-8-5-15-2-1-10-25-19(15)13-18/h1-13H,(H,26,27). The fourth-order valence-corrected chi connectivity index (χ4v) is 2.82. The van der Waals surface area contributed by atoms with Crippen molar-refractivity contribution in [1.29, 1.82) is 0 Å². The normalized spacial score (nSPS) is 11.5. The molecule has 0 saturated heterocycles. The molecule has 0 radical (unpaired) electrons. The molecule has 0 aliphatic rings. The Balaban J connectivity index is 1.60. The second kappa shape index (κ2) is 6.72. The summed E-state index contributed by atoms with van der Waals surface area (Å²) in [6.45, 7) is 0. The summed E-state index contributed by atoms with van der Waals surface area (Å²) < 4.78 is 38.1. The van der Waals surface area contributed by atoms with Crippen LogP contribution in [-0.2, 0) is 6.18 Å². The number of aromatic nitrogens is 2. The van der Waals surface area contributed by atoms with Gasteiger partial charge in [0.05, 0.1) is 11.1 Å². The molecule has 0 atom stereocenters. The Labute approximate surface area is 153 Å². The Hall–Kier alpha value is -3.41. The first-order valence-corrected chi connectivity index (χ1v) is 8.24. The summed E-state index contributed by atoms with van der Waals surface area (Å²) in [5.74, 6) is 0.600. The van der Waals surface area contributed by atoms with Crippen LogP contribution in [0.25, 0.3) is 22.0 Å². The average Bonchev–Trinajstić information content (AvgIpc) is 2.68. The molecule has 0 fully saturated rings. The van der Waals surface area contributed by atoms with Crippen molar-refractivity contribution >= 4 is 22.4 Å². The van der Waals surface area contributed by atoms with Crippen molar-refractivity contribution in [2.24, 2.45) is 0 Å². The second-order valence-electron chi connectivity index (χ2n) is 6.04. The smallest absolute Gasteiger partial charge is 0.340 e. The molecular weight excluding hydrogens is 351 g/mol. The number of hydrogen-bond donors (Lipinski definition) is 1. The van der Waals surface area contributed by atoms with E-state index in [0.717, 1.165) is 34.3 Å². The third-order valence-electron chi connectivity index (χ3n) is 4.18. The first-order valence-electron chi connectivity index (χ1n) is 8.24. The van der Waals surface area contributed by atoms with E-state index < -0.39 is 11.7 Å². The summed E-state index contributed by atoms with van der Waals surface area (Å²) >= 11 is 0. The Morgan fingerprint density at radius 3 is 2.33 bits per heavy atom. The fourth-order valence-electron chi connectivity index (χ4n) is 2.82. The lowest BCUT2D eigenvalue weighted by atomic mass is 10.0. The van der Waals surface area contributed by atoms with Gasteiger partial charge in [0.1, 0.15) is 5.82 Å². The Morgan fingerprint density at radius 1 is 0.741 bits per heavy atom. The molecule has 0 amide bonds. The number of halogens is 3. The molecule has 2 heterocycles. The number of rotatable bonds is 3. The summed E-state index contributed by atoms with van der Waals surface area (Å²) in [7, 11) is 0. The second-order valence-corrected chi connectivity index (χ2v) is 6.04. The van der Waals surface area contributed by atoms with Crippen LogP contribution >= 0.6 is 0 Å². The minimum Gasteiger partial charge on any atom is -0.340 e. The van der Waals surface area contributed by atoms with Crippen molar-refractivity contribution in [2.45, 2.75) is 6.18 Å². The highest BCUT2D eigenvalue weighted by molar-refractivity contribution is 5.83. The van der Waals surface area contributed by atoms with Crippen LogP contribution in [0, 0.1) is 0 Å².